The van der Waals surface area contributed by atoms with E-state index in [1.807, 2.05) is 0 Å². The van der Waals surface area contributed by atoms with E-state index < -0.39 is 0 Å². The van der Waals surface area contributed by atoms with E-state index in [-0.39, 0.29) is 17.4 Å². The molecule has 0 spiro atoms. The summed E-state index contributed by atoms with van der Waals surface area (Å²) < 4.78 is 4.72. The summed E-state index contributed by atoms with van der Waals surface area (Å²) in [6, 6.07) is 2.15. The van der Waals surface area contributed by atoms with Gasteiger partial charge in [0, 0.05) is 15.8 Å². The average Bonchev–Trinajstić information content (AvgIpc) is 2.56. The molecular formula is C14H23NO2S. The summed E-state index contributed by atoms with van der Waals surface area (Å²) in [6.45, 7) is 8.29. The van der Waals surface area contributed by atoms with Crippen LogP contribution in [0.4, 0.5) is 0 Å². The van der Waals surface area contributed by atoms with Gasteiger partial charge in [-0.05, 0) is 37.3 Å². The molecule has 0 aliphatic rings. The van der Waals surface area contributed by atoms with Gasteiger partial charge in [0.25, 0.3) is 0 Å². The van der Waals surface area contributed by atoms with Crippen LogP contribution in [0.2, 0.25) is 0 Å². The Hall–Kier alpha value is -0.870. The highest BCUT2D eigenvalue weighted by Crippen LogP contribution is 2.36. The van der Waals surface area contributed by atoms with E-state index in [9.17, 15) is 4.79 Å². The maximum Gasteiger partial charge on any atom is 0.306 e. The maximum atomic E-state index is 11.4. The fourth-order valence-corrected chi connectivity index (χ4v) is 3.29. The quantitative estimate of drug-likeness (QED) is 0.834. The number of methoxy groups -OCH3 is 1. The first-order valence-corrected chi connectivity index (χ1v) is 6.96. The summed E-state index contributed by atoms with van der Waals surface area (Å²) in [7, 11) is 1.42. The van der Waals surface area contributed by atoms with Crippen molar-refractivity contribution in [1.82, 2.24) is 0 Å². The lowest BCUT2D eigenvalue weighted by atomic mass is 9.82. The molecular weight excluding hydrogens is 246 g/mol. The second-order valence-electron chi connectivity index (χ2n) is 5.63. The number of esters is 1. The Kier molecular flexibility index (Phi) is 4.93. The molecule has 0 radical (unpaired) electrons. The number of rotatable bonds is 5. The number of carbonyl (C=O) groups excluding carboxylic acids is 1. The summed E-state index contributed by atoms with van der Waals surface area (Å²) >= 11 is 1.75. The summed E-state index contributed by atoms with van der Waals surface area (Å²) in [4.78, 5) is 13.9. The number of carbonyl (C=O) groups is 1. The van der Waals surface area contributed by atoms with Crippen molar-refractivity contribution in [3.05, 3.63) is 21.4 Å². The lowest BCUT2D eigenvalue weighted by molar-refractivity contribution is -0.143. The Morgan fingerprint density at radius 2 is 2.11 bits per heavy atom. The molecule has 0 aliphatic heterocycles. The lowest BCUT2D eigenvalue weighted by Crippen LogP contribution is -2.24. The van der Waals surface area contributed by atoms with E-state index >= 15 is 0 Å². The number of thiophene rings is 1. The topological polar surface area (TPSA) is 52.3 Å². The zero-order chi connectivity index (χ0) is 13.9. The van der Waals surface area contributed by atoms with Crippen molar-refractivity contribution in [1.29, 1.82) is 0 Å². The minimum atomic E-state index is -0.175. The van der Waals surface area contributed by atoms with Gasteiger partial charge in [-0.1, -0.05) is 13.8 Å². The fraction of sp³-hybridized carbons (Fsp3) is 0.643. The molecule has 2 N–H and O–H groups in total. The number of ether oxygens (including phenoxy) is 1. The predicted molar refractivity (Wildman–Crippen MR) is 75.8 cm³/mol. The Balaban J connectivity index is 2.71. The van der Waals surface area contributed by atoms with E-state index in [0.717, 1.165) is 6.42 Å². The van der Waals surface area contributed by atoms with Gasteiger partial charge < -0.3 is 10.5 Å². The van der Waals surface area contributed by atoms with Gasteiger partial charge in [0.1, 0.15) is 0 Å². The van der Waals surface area contributed by atoms with E-state index in [1.54, 1.807) is 11.3 Å². The number of hydrogen-bond acceptors (Lipinski definition) is 4. The van der Waals surface area contributed by atoms with Crippen molar-refractivity contribution in [2.24, 2.45) is 11.1 Å². The van der Waals surface area contributed by atoms with Crippen molar-refractivity contribution < 1.29 is 9.53 Å². The minimum Gasteiger partial charge on any atom is -0.469 e. The van der Waals surface area contributed by atoms with E-state index in [0.29, 0.717) is 6.42 Å². The standard InChI is InChI=1S/C14H23NO2S/c1-9-6-10(2)18-13(9)11(15)7-14(3,4)8-12(16)17-5/h6,11H,7-8,15H2,1-5H3. The zero-order valence-corrected chi connectivity index (χ0v) is 12.7. The van der Waals surface area contributed by atoms with Crippen LogP contribution in [-0.2, 0) is 9.53 Å². The van der Waals surface area contributed by atoms with Gasteiger partial charge in [-0.2, -0.15) is 0 Å². The Bertz CT molecular complexity index is 423. The van der Waals surface area contributed by atoms with Crippen LogP contribution in [0.3, 0.4) is 0 Å². The SMILES string of the molecule is COC(=O)CC(C)(C)CC(N)c1sc(C)cc1C. The van der Waals surface area contributed by atoms with Crippen molar-refractivity contribution in [2.45, 2.75) is 46.6 Å². The third kappa shape index (κ3) is 4.10. The van der Waals surface area contributed by atoms with Gasteiger partial charge in [0.05, 0.1) is 13.5 Å². The summed E-state index contributed by atoms with van der Waals surface area (Å²) in [5, 5.41) is 0. The highest BCUT2D eigenvalue weighted by atomic mass is 32.1. The molecule has 1 aromatic heterocycles. The lowest BCUT2D eigenvalue weighted by Gasteiger charge is -2.26. The van der Waals surface area contributed by atoms with Gasteiger partial charge >= 0.3 is 5.97 Å². The molecule has 1 atom stereocenters. The number of nitrogens with two attached hydrogens (primary N) is 1. The van der Waals surface area contributed by atoms with Crippen molar-refractivity contribution in [3.63, 3.8) is 0 Å². The molecule has 0 amide bonds. The van der Waals surface area contributed by atoms with Crippen molar-refractivity contribution in [3.8, 4) is 0 Å². The highest BCUT2D eigenvalue weighted by molar-refractivity contribution is 7.12. The van der Waals surface area contributed by atoms with Crippen molar-refractivity contribution in [2.75, 3.05) is 7.11 Å². The van der Waals surface area contributed by atoms with Gasteiger partial charge in [0.15, 0.2) is 0 Å². The van der Waals surface area contributed by atoms with Crippen LogP contribution in [0.5, 0.6) is 0 Å². The molecule has 1 heterocycles. The zero-order valence-electron chi connectivity index (χ0n) is 11.9. The first-order valence-electron chi connectivity index (χ1n) is 6.14. The third-order valence-corrected chi connectivity index (χ3v) is 4.32. The van der Waals surface area contributed by atoms with Crippen LogP contribution >= 0.6 is 11.3 Å². The third-order valence-electron chi connectivity index (χ3n) is 3.04. The number of aryl methyl sites for hydroxylation is 2. The molecule has 1 unspecified atom stereocenters. The van der Waals surface area contributed by atoms with E-state index in [1.165, 1.54) is 22.4 Å². The van der Waals surface area contributed by atoms with Crippen LogP contribution in [0.15, 0.2) is 6.07 Å². The average molecular weight is 269 g/mol. The van der Waals surface area contributed by atoms with Gasteiger partial charge in [-0.15, -0.1) is 11.3 Å². The summed E-state index contributed by atoms with van der Waals surface area (Å²) in [5.41, 5.74) is 7.38. The van der Waals surface area contributed by atoms with Crippen LogP contribution in [0.25, 0.3) is 0 Å². The largest absolute Gasteiger partial charge is 0.469 e. The Morgan fingerprint density at radius 3 is 2.56 bits per heavy atom. The summed E-state index contributed by atoms with van der Waals surface area (Å²) in [6.07, 6.45) is 1.18. The molecule has 3 nitrogen and oxygen atoms in total. The predicted octanol–water partition coefficient (Wildman–Crippen LogP) is 3.34. The molecule has 1 aromatic rings. The molecule has 0 saturated carbocycles. The molecule has 0 aromatic carbocycles. The maximum absolute atomic E-state index is 11.4. The minimum absolute atomic E-state index is 0.0108. The van der Waals surface area contributed by atoms with Gasteiger partial charge in [0.2, 0.25) is 0 Å². The molecule has 4 heteroatoms. The van der Waals surface area contributed by atoms with Gasteiger partial charge in [-0.25, -0.2) is 0 Å². The van der Waals surface area contributed by atoms with Crippen LogP contribution in [0.1, 0.15) is 48.0 Å². The second kappa shape index (κ2) is 5.85. The van der Waals surface area contributed by atoms with Crippen molar-refractivity contribution >= 4 is 17.3 Å². The smallest absolute Gasteiger partial charge is 0.306 e. The fourth-order valence-electron chi connectivity index (χ4n) is 2.25. The summed E-state index contributed by atoms with van der Waals surface area (Å²) in [5.74, 6) is -0.175. The van der Waals surface area contributed by atoms with E-state index in [2.05, 4.69) is 33.8 Å². The monoisotopic (exact) mass is 269 g/mol. The second-order valence-corrected chi connectivity index (χ2v) is 6.92. The van der Waals surface area contributed by atoms with Crippen LogP contribution < -0.4 is 5.73 Å². The number of hydrogen-bond donors (Lipinski definition) is 1. The van der Waals surface area contributed by atoms with Crippen LogP contribution in [0, 0.1) is 19.3 Å². The molecule has 102 valence electrons. The Labute approximate surface area is 113 Å². The molecule has 1 rings (SSSR count). The molecule has 0 bridgehead atoms. The Morgan fingerprint density at radius 1 is 1.50 bits per heavy atom. The molecule has 0 aliphatic carbocycles. The molecule has 0 saturated heterocycles. The van der Waals surface area contributed by atoms with E-state index in [4.69, 9.17) is 10.5 Å². The normalized spacial score (nSPS) is 13.4. The van der Waals surface area contributed by atoms with Crippen LogP contribution in [-0.4, -0.2) is 13.1 Å². The molecule has 0 fully saturated rings. The molecule has 18 heavy (non-hydrogen) atoms. The highest BCUT2D eigenvalue weighted by Gasteiger charge is 2.27. The first kappa shape index (κ1) is 15.2. The van der Waals surface area contributed by atoms with Gasteiger partial charge in [-0.3, -0.25) is 4.79 Å². The first-order chi connectivity index (χ1) is 8.25.